The summed E-state index contributed by atoms with van der Waals surface area (Å²) in [6.07, 6.45) is 3.58. The second-order valence-corrected chi connectivity index (χ2v) is 2.86. The lowest BCUT2D eigenvalue weighted by molar-refractivity contribution is -0.694. The second kappa shape index (κ2) is 2.46. The zero-order valence-corrected chi connectivity index (χ0v) is 6.29. The van der Waals surface area contributed by atoms with Gasteiger partial charge in [0.05, 0.1) is 0 Å². The third-order valence-electron chi connectivity index (χ3n) is 2.04. The van der Waals surface area contributed by atoms with Crippen LogP contribution in [0.15, 0.2) is 24.4 Å². The van der Waals surface area contributed by atoms with Crippen LogP contribution in [0, 0.1) is 0 Å². The fourth-order valence-corrected chi connectivity index (χ4v) is 1.43. The van der Waals surface area contributed by atoms with Gasteiger partial charge in [-0.3, -0.25) is 4.79 Å². The predicted molar refractivity (Wildman–Crippen MR) is 40.0 cm³/mol. The summed E-state index contributed by atoms with van der Waals surface area (Å²) >= 11 is 0. The van der Waals surface area contributed by atoms with E-state index in [0.717, 1.165) is 6.42 Å². The number of fused-ring (bicyclic) bond motifs is 1. The maximum absolute atomic E-state index is 11.0. The molecule has 0 spiro atoms. The summed E-state index contributed by atoms with van der Waals surface area (Å²) in [7, 11) is 0. The maximum Gasteiger partial charge on any atom is 0.206 e. The molecular formula is C9H10NO+. The molecular weight excluding hydrogens is 138 g/mol. The number of carbonyl (C=O) groups excluding carboxylic acids is 1. The Balaban J connectivity index is 2.41. The topological polar surface area (TPSA) is 20.9 Å². The number of aryl methyl sites for hydroxylation is 1. The average molecular weight is 148 g/mol. The molecule has 11 heavy (non-hydrogen) atoms. The molecule has 1 aliphatic heterocycles. The van der Waals surface area contributed by atoms with Crippen LogP contribution in [0.4, 0.5) is 0 Å². The second-order valence-electron chi connectivity index (χ2n) is 2.86. The van der Waals surface area contributed by atoms with Crippen LogP contribution in [0.1, 0.15) is 12.1 Å². The Morgan fingerprint density at radius 1 is 1.27 bits per heavy atom. The first-order valence-corrected chi connectivity index (χ1v) is 3.85. The number of pyridine rings is 1. The van der Waals surface area contributed by atoms with Crippen molar-refractivity contribution in [1.82, 2.24) is 0 Å². The minimum Gasteiger partial charge on any atom is -0.293 e. The summed E-state index contributed by atoms with van der Waals surface area (Å²) < 4.78 is 2.02. The third kappa shape index (κ3) is 1.16. The third-order valence-corrected chi connectivity index (χ3v) is 2.04. The predicted octanol–water partition coefficient (Wildman–Crippen LogP) is 0.489. The van der Waals surface area contributed by atoms with E-state index >= 15 is 0 Å². The molecule has 0 saturated carbocycles. The fraction of sp³-hybridized carbons (Fsp3) is 0.333. The number of rotatable bonds is 0. The number of ketones is 1. The van der Waals surface area contributed by atoms with Gasteiger partial charge < -0.3 is 0 Å². The number of carbonyl (C=O) groups is 1. The monoisotopic (exact) mass is 148 g/mol. The van der Waals surface area contributed by atoms with E-state index in [1.165, 1.54) is 5.69 Å². The van der Waals surface area contributed by atoms with E-state index in [1.54, 1.807) is 0 Å². The molecule has 0 aliphatic carbocycles. The molecule has 0 saturated heterocycles. The van der Waals surface area contributed by atoms with Crippen molar-refractivity contribution in [2.45, 2.75) is 19.4 Å². The van der Waals surface area contributed by atoms with Gasteiger partial charge in [-0.1, -0.05) is 6.07 Å². The van der Waals surface area contributed by atoms with Crippen molar-refractivity contribution in [3.8, 4) is 0 Å². The molecule has 0 fully saturated rings. The van der Waals surface area contributed by atoms with Crippen molar-refractivity contribution in [3.63, 3.8) is 0 Å². The molecule has 2 rings (SSSR count). The van der Waals surface area contributed by atoms with Gasteiger partial charge in [0.2, 0.25) is 6.54 Å². The first-order chi connectivity index (χ1) is 5.36. The zero-order chi connectivity index (χ0) is 7.68. The van der Waals surface area contributed by atoms with Gasteiger partial charge in [-0.15, -0.1) is 0 Å². The summed E-state index contributed by atoms with van der Waals surface area (Å²) in [6.45, 7) is 0.566. The largest absolute Gasteiger partial charge is 0.293 e. The molecule has 0 unspecified atom stereocenters. The first-order valence-electron chi connectivity index (χ1n) is 3.85. The Morgan fingerprint density at radius 3 is 3.09 bits per heavy atom. The summed E-state index contributed by atoms with van der Waals surface area (Å²) in [5, 5.41) is 0. The molecule has 0 aromatic carbocycles. The first kappa shape index (κ1) is 6.53. The van der Waals surface area contributed by atoms with Crippen LogP contribution in [-0.4, -0.2) is 5.78 Å². The quantitative estimate of drug-likeness (QED) is 0.490. The van der Waals surface area contributed by atoms with Crippen molar-refractivity contribution >= 4 is 5.78 Å². The Kier molecular flexibility index (Phi) is 1.46. The van der Waals surface area contributed by atoms with Crippen molar-refractivity contribution in [2.24, 2.45) is 0 Å². The maximum atomic E-state index is 11.0. The van der Waals surface area contributed by atoms with Crippen molar-refractivity contribution in [2.75, 3.05) is 0 Å². The van der Waals surface area contributed by atoms with Gasteiger partial charge in [0.1, 0.15) is 0 Å². The highest BCUT2D eigenvalue weighted by Crippen LogP contribution is 2.02. The molecule has 2 nitrogen and oxygen atoms in total. The van der Waals surface area contributed by atoms with E-state index in [9.17, 15) is 4.79 Å². The number of aromatic nitrogens is 1. The molecule has 0 atom stereocenters. The van der Waals surface area contributed by atoms with Crippen molar-refractivity contribution < 1.29 is 9.36 Å². The van der Waals surface area contributed by atoms with Crippen molar-refractivity contribution in [3.05, 3.63) is 30.1 Å². The van der Waals surface area contributed by atoms with Gasteiger partial charge in [0.15, 0.2) is 17.7 Å². The van der Waals surface area contributed by atoms with Crippen LogP contribution in [0.2, 0.25) is 0 Å². The molecule has 2 heterocycles. The summed E-state index contributed by atoms with van der Waals surface area (Å²) in [5.41, 5.74) is 1.27. The van der Waals surface area contributed by atoms with E-state index in [2.05, 4.69) is 6.07 Å². The molecule has 1 aromatic rings. The van der Waals surface area contributed by atoms with Gasteiger partial charge in [-0.2, -0.15) is 4.57 Å². The van der Waals surface area contributed by atoms with Crippen LogP contribution < -0.4 is 4.57 Å². The van der Waals surface area contributed by atoms with E-state index in [-0.39, 0.29) is 0 Å². The average Bonchev–Trinajstić information content (AvgIpc) is 2.04. The molecule has 0 N–H and O–H groups in total. The summed E-state index contributed by atoms with van der Waals surface area (Å²) in [6, 6.07) is 6.05. The van der Waals surface area contributed by atoms with Crippen LogP contribution in [-0.2, 0) is 17.8 Å². The molecule has 0 radical (unpaired) electrons. The molecule has 2 heteroatoms. The lowest BCUT2D eigenvalue weighted by Gasteiger charge is -2.07. The summed E-state index contributed by atoms with van der Waals surface area (Å²) in [4.78, 5) is 11.0. The van der Waals surface area contributed by atoms with Crippen LogP contribution in [0.5, 0.6) is 0 Å². The SMILES string of the molecule is O=C1CCc2cccc[n+]2C1. The normalized spacial score (nSPS) is 16.2. The molecule has 1 aromatic heterocycles. The fourth-order valence-electron chi connectivity index (χ4n) is 1.43. The van der Waals surface area contributed by atoms with Gasteiger partial charge in [0.25, 0.3) is 0 Å². The van der Waals surface area contributed by atoms with E-state index in [1.807, 2.05) is 22.9 Å². The van der Waals surface area contributed by atoms with E-state index in [4.69, 9.17) is 0 Å². The van der Waals surface area contributed by atoms with Crippen LogP contribution in [0.3, 0.4) is 0 Å². The Morgan fingerprint density at radius 2 is 2.18 bits per heavy atom. The Bertz CT molecular complexity index is 293. The summed E-state index contributed by atoms with van der Waals surface area (Å²) in [5.74, 6) is 0.341. The number of Topliss-reactive ketones (excluding diaryl/α,β-unsaturated/α-hetero) is 1. The Hall–Kier alpha value is -1.18. The highest BCUT2D eigenvalue weighted by molar-refractivity contribution is 5.77. The lowest BCUT2D eigenvalue weighted by Crippen LogP contribution is -2.45. The highest BCUT2D eigenvalue weighted by Gasteiger charge is 2.20. The Labute approximate surface area is 65.5 Å². The lowest BCUT2D eigenvalue weighted by atomic mass is 10.1. The minimum atomic E-state index is 0.341. The van der Waals surface area contributed by atoms with E-state index in [0.29, 0.717) is 18.7 Å². The molecule has 1 aliphatic rings. The number of nitrogens with zero attached hydrogens (tertiary/aromatic N) is 1. The van der Waals surface area contributed by atoms with E-state index < -0.39 is 0 Å². The standard InChI is InChI=1S/C9H10NO/c11-9-5-4-8-3-1-2-6-10(8)7-9/h1-3,6H,4-5,7H2/q+1. The van der Waals surface area contributed by atoms with Crippen molar-refractivity contribution in [1.29, 1.82) is 0 Å². The van der Waals surface area contributed by atoms with Gasteiger partial charge in [0, 0.05) is 25.0 Å². The molecule has 56 valence electrons. The minimum absolute atomic E-state index is 0.341. The number of hydrogen-bond donors (Lipinski definition) is 0. The van der Waals surface area contributed by atoms with Crippen LogP contribution in [0.25, 0.3) is 0 Å². The van der Waals surface area contributed by atoms with Crippen LogP contribution >= 0.6 is 0 Å². The smallest absolute Gasteiger partial charge is 0.206 e. The van der Waals surface area contributed by atoms with Gasteiger partial charge in [-0.25, -0.2) is 0 Å². The van der Waals surface area contributed by atoms with Gasteiger partial charge >= 0.3 is 0 Å². The molecule has 0 amide bonds. The zero-order valence-electron chi connectivity index (χ0n) is 6.29. The highest BCUT2D eigenvalue weighted by atomic mass is 16.1. The number of hydrogen-bond acceptors (Lipinski definition) is 1. The van der Waals surface area contributed by atoms with Gasteiger partial charge in [-0.05, 0) is 0 Å². The molecule has 0 bridgehead atoms.